The number of benzene rings is 2. The van der Waals surface area contributed by atoms with E-state index in [-0.39, 0.29) is 0 Å². The first-order valence-electron chi connectivity index (χ1n) is 9.59. The average Bonchev–Trinajstić information content (AvgIpc) is 2.72. The highest BCUT2D eigenvalue weighted by atomic mass is 35.5. The van der Waals surface area contributed by atoms with E-state index in [0.717, 1.165) is 37.6 Å². The van der Waals surface area contributed by atoms with Gasteiger partial charge in [-0.05, 0) is 55.3 Å². The summed E-state index contributed by atoms with van der Waals surface area (Å²) < 4.78 is 16.3. The molecule has 0 radical (unpaired) electrons. The van der Waals surface area contributed by atoms with Gasteiger partial charge in [0.15, 0.2) is 11.5 Å². The number of ether oxygens (including phenoxy) is 3. The molecular weight excluding hydrogens is 376 g/mol. The Bertz CT molecular complexity index is 757. The normalized spacial score (nSPS) is 17.5. The van der Waals surface area contributed by atoms with Gasteiger partial charge in [-0.1, -0.05) is 11.6 Å². The molecule has 2 aromatic rings. The first-order valence-corrected chi connectivity index (χ1v) is 9.97. The maximum absolute atomic E-state index is 6.02. The Hall–Kier alpha value is -2.11. The zero-order valence-electron chi connectivity index (χ0n) is 17.1. The van der Waals surface area contributed by atoms with E-state index in [1.807, 2.05) is 24.3 Å². The predicted molar refractivity (Wildman–Crippen MR) is 115 cm³/mol. The summed E-state index contributed by atoms with van der Waals surface area (Å²) in [5.74, 6) is 2.05. The molecule has 3 rings (SSSR count). The van der Waals surface area contributed by atoms with E-state index in [4.69, 9.17) is 25.8 Å². The Labute approximate surface area is 172 Å². The van der Waals surface area contributed by atoms with Gasteiger partial charge >= 0.3 is 0 Å². The van der Waals surface area contributed by atoms with Crippen LogP contribution in [0.2, 0.25) is 5.02 Å². The van der Waals surface area contributed by atoms with E-state index in [9.17, 15) is 0 Å². The molecule has 1 saturated heterocycles. The molecule has 0 N–H and O–H groups in total. The van der Waals surface area contributed by atoms with Crippen LogP contribution in [0.15, 0.2) is 36.4 Å². The Morgan fingerprint density at radius 1 is 0.964 bits per heavy atom. The number of hydrogen-bond donors (Lipinski definition) is 0. The molecule has 0 aromatic heterocycles. The third kappa shape index (κ3) is 4.65. The van der Waals surface area contributed by atoms with Crippen LogP contribution in [0.5, 0.6) is 17.2 Å². The molecule has 1 aliphatic rings. The van der Waals surface area contributed by atoms with Crippen molar-refractivity contribution in [3.63, 3.8) is 0 Å². The average molecular weight is 405 g/mol. The zero-order valence-corrected chi connectivity index (χ0v) is 17.8. The van der Waals surface area contributed by atoms with Gasteiger partial charge in [0, 0.05) is 42.9 Å². The van der Waals surface area contributed by atoms with Crippen molar-refractivity contribution in [3.05, 3.63) is 47.0 Å². The number of anilines is 1. The Morgan fingerprint density at radius 2 is 1.61 bits per heavy atom. The highest BCUT2D eigenvalue weighted by molar-refractivity contribution is 6.30. The molecule has 0 spiro atoms. The minimum absolute atomic E-state index is 0.454. The van der Waals surface area contributed by atoms with Crippen molar-refractivity contribution in [3.8, 4) is 17.2 Å². The molecule has 2 aromatic carbocycles. The number of rotatable bonds is 7. The van der Waals surface area contributed by atoms with Crippen LogP contribution in [0.3, 0.4) is 0 Å². The van der Waals surface area contributed by atoms with Crippen molar-refractivity contribution in [2.45, 2.75) is 19.4 Å². The fraction of sp³-hybridized carbons (Fsp3) is 0.455. The van der Waals surface area contributed by atoms with Crippen molar-refractivity contribution in [2.24, 2.45) is 0 Å². The van der Waals surface area contributed by atoms with Crippen molar-refractivity contribution in [1.82, 2.24) is 4.90 Å². The van der Waals surface area contributed by atoms with Gasteiger partial charge in [-0.25, -0.2) is 0 Å². The number of hydrogen-bond acceptors (Lipinski definition) is 5. The predicted octanol–water partition coefficient (Wildman–Crippen LogP) is 4.12. The first kappa shape index (κ1) is 20.6. The minimum atomic E-state index is 0.454. The molecule has 0 saturated carbocycles. The summed E-state index contributed by atoms with van der Waals surface area (Å²) in [5.41, 5.74) is 2.42. The van der Waals surface area contributed by atoms with Gasteiger partial charge in [-0.2, -0.15) is 0 Å². The molecule has 28 heavy (non-hydrogen) atoms. The maximum atomic E-state index is 6.02. The van der Waals surface area contributed by atoms with Crippen molar-refractivity contribution < 1.29 is 14.2 Å². The van der Waals surface area contributed by atoms with Crippen LogP contribution in [0, 0.1) is 0 Å². The summed E-state index contributed by atoms with van der Waals surface area (Å²) in [5, 5.41) is 0.778. The van der Waals surface area contributed by atoms with Crippen LogP contribution in [0.4, 0.5) is 5.69 Å². The maximum Gasteiger partial charge on any atom is 0.203 e. The smallest absolute Gasteiger partial charge is 0.203 e. The summed E-state index contributed by atoms with van der Waals surface area (Å²) in [7, 11) is 4.93. The van der Waals surface area contributed by atoms with E-state index in [1.165, 1.54) is 11.3 Å². The zero-order chi connectivity index (χ0) is 20.1. The topological polar surface area (TPSA) is 34.2 Å². The largest absolute Gasteiger partial charge is 0.493 e. The van der Waals surface area contributed by atoms with Crippen LogP contribution in [-0.4, -0.2) is 58.5 Å². The second-order valence-corrected chi connectivity index (χ2v) is 7.54. The van der Waals surface area contributed by atoms with Gasteiger partial charge in [0.25, 0.3) is 0 Å². The molecular formula is C22H29ClN2O3. The lowest BCUT2D eigenvalue weighted by Crippen LogP contribution is -2.52. The molecule has 0 aliphatic carbocycles. The summed E-state index contributed by atoms with van der Waals surface area (Å²) in [6.45, 7) is 6.36. The summed E-state index contributed by atoms with van der Waals surface area (Å²) in [4.78, 5) is 4.96. The number of methoxy groups -OCH3 is 3. The van der Waals surface area contributed by atoms with Gasteiger partial charge < -0.3 is 19.1 Å². The Balaban J connectivity index is 1.61. The Kier molecular flexibility index (Phi) is 6.92. The van der Waals surface area contributed by atoms with E-state index in [1.54, 1.807) is 21.3 Å². The van der Waals surface area contributed by atoms with Crippen molar-refractivity contribution in [1.29, 1.82) is 0 Å². The molecule has 1 heterocycles. The lowest BCUT2D eigenvalue weighted by molar-refractivity contribution is 0.231. The van der Waals surface area contributed by atoms with E-state index < -0.39 is 0 Å². The van der Waals surface area contributed by atoms with Crippen LogP contribution < -0.4 is 19.1 Å². The van der Waals surface area contributed by atoms with E-state index in [0.29, 0.717) is 23.3 Å². The highest BCUT2D eigenvalue weighted by Gasteiger charge is 2.24. The standard InChI is InChI=1S/C22H29ClN2O3/c1-16-15-24(11-12-25(16)19-7-5-18(23)6-8-19)10-9-17-13-20(26-2)22(28-4)21(14-17)27-3/h5-8,13-14,16H,9-12,15H2,1-4H3/t16-/m1/s1. The highest BCUT2D eigenvalue weighted by Crippen LogP contribution is 2.38. The van der Waals surface area contributed by atoms with Gasteiger partial charge in [-0.15, -0.1) is 0 Å². The summed E-state index contributed by atoms with van der Waals surface area (Å²) >= 11 is 6.02. The second-order valence-electron chi connectivity index (χ2n) is 7.10. The molecule has 0 amide bonds. The molecule has 1 aliphatic heterocycles. The monoisotopic (exact) mass is 404 g/mol. The summed E-state index contributed by atoms with van der Waals surface area (Å²) in [6, 6.07) is 12.6. The minimum Gasteiger partial charge on any atom is -0.493 e. The first-order chi connectivity index (χ1) is 13.5. The number of halogens is 1. The molecule has 5 nitrogen and oxygen atoms in total. The summed E-state index contributed by atoms with van der Waals surface area (Å²) in [6.07, 6.45) is 0.935. The lowest BCUT2D eigenvalue weighted by Gasteiger charge is -2.41. The van der Waals surface area contributed by atoms with Crippen molar-refractivity contribution >= 4 is 17.3 Å². The third-order valence-electron chi connectivity index (χ3n) is 5.31. The second kappa shape index (κ2) is 9.39. The molecule has 152 valence electrons. The molecule has 0 unspecified atom stereocenters. The lowest BCUT2D eigenvalue weighted by atomic mass is 10.1. The van der Waals surface area contributed by atoms with Crippen molar-refractivity contribution in [2.75, 3.05) is 52.4 Å². The number of nitrogens with zero attached hydrogens (tertiary/aromatic N) is 2. The van der Waals surface area contributed by atoms with Gasteiger partial charge in [0.2, 0.25) is 5.75 Å². The van der Waals surface area contributed by atoms with Crippen LogP contribution >= 0.6 is 11.6 Å². The fourth-order valence-corrected chi connectivity index (χ4v) is 3.95. The van der Waals surface area contributed by atoms with Crippen LogP contribution in [-0.2, 0) is 6.42 Å². The quantitative estimate of drug-likeness (QED) is 0.693. The van der Waals surface area contributed by atoms with E-state index >= 15 is 0 Å². The molecule has 0 bridgehead atoms. The molecule has 1 atom stereocenters. The van der Waals surface area contributed by atoms with Gasteiger partial charge in [-0.3, -0.25) is 4.90 Å². The third-order valence-corrected chi connectivity index (χ3v) is 5.56. The van der Waals surface area contributed by atoms with Gasteiger partial charge in [0.1, 0.15) is 0 Å². The number of piperazine rings is 1. The van der Waals surface area contributed by atoms with Gasteiger partial charge in [0.05, 0.1) is 21.3 Å². The fourth-order valence-electron chi connectivity index (χ4n) is 3.82. The Morgan fingerprint density at radius 3 is 2.14 bits per heavy atom. The van der Waals surface area contributed by atoms with Crippen LogP contribution in [0.25, 0.3) is 0 Å². The molecule has 6 heteroatoms. The van der Waals surface area contributed by atoms with E-state index in [2.05, 4.69) is 28.9 Å². The molecule has 1 fully saturated rings. The van der Waals surface area contributed by atoms with Crippen LogP contribution in [0.1, 0.15) is 12.5 Å². The SMILES string of the molecule is COc1cc(CCN2CCN(c3ccc(Cl)cc3)[C@H](C)C2)cc(OC)c1OC.